The summed E-state index contributed by atoms with van der Waals surface area (Å²) in [6.07, 6.45) is 1.34. The predicted molar refractivity (Wildman–Crippen MR) is 75.4 cm³/mol. The predicted octanol–water partition coefficient (Wildman–Crippen LogP) is 2.21. The van der Waals surface area contributed by atoms with Crippen molar-refractivity contribution in [3.8, 4) is 0 Å². The molecule has 2 N–H and O–H groups in total. The summed E-state index contributed by atoms with van der Waals surface area (Å²) in [6, 6.07) is 4.58. The summed E-state index contributed by atoms with van der Waals surface area (Å²) in [6.45, 7) is 3.40. The van der Waals surface area contributed by atoms with E-state index in [1.54, 1.807) is 13.8 Å². The first-order chi connectivity index (χ1) is 9.88. The SMILES string of the molecule is CC(C)[C@@H](NC(=O)c1cnc2ccc(F)cc2c1)C(=O)O. The largest absolute Gasteiger partial charge is 0.480 e. The molecule has 0 unspecified atom stereocenters. The van der Waals surface area contributed by atoms with Crippen molar-refractivity contribution in [1.82, 2.24) is 10.3 Å². The number of hydrogen-bond acceptors (Lipinski definition) is 3. The molecular formula is C15H15FN2O3. The number of nitrogens with one attached hydrogen (secondary N) is 1. The number of carbonyl (C=O) groups is 2. The van der Waals surface area contributed by atoms with Crippen LogP contribution in [0.1, 0.15) is 24.2 Å². The van der Waals surface area contributed by atoms with Crippen LogP contribution in [0, 0.1) is 11.7 Å². The van der Waals surface area contributed by atoms with Crippen LogP contribution in [0.2, 0.25) is 0 Å². The van der Waals surface area contributed by atoms with Gasteiger partial charge in [0.25, 0.3) is 5.91 Å². The number of halogens is 1. The topological polar surface area (TPSA) is 79.3 Å². The van der Waals surface area contributed by atoms with E-state index >= 15 is 0 Å². The van der Waals surface area contributed by atoms with Gasteiger partial charge < -0.3 is 10.4 Å². The second-order valence-electron chi connectivity index (χ2n) is 5.09. The molecule has 2 rings (SSSR count). The summed E-state index contributed by atoms with van der Waals surface area (Å²) in [5.74, 6) is -2.32. The maximum absolute atomic E-state index is 13.2. The molecule has 1 aromatic carbocycles. The van der Waals surface area contributed by atoms with Crippen LogP contribution in [0.4, 0.5) is 4.39 Å². The van der Waals surface area contributed by atoms with Crippen molar-refractivity contribution in [2.24, 2.45) is 5.92 Å². The highest BCUT2D eigenvalue weighted by Gasteiger charge is 2.24. The van der Waals surface area contributed by atoms with Gasteiger partial charge >= 0.3 is 5.97 Å². The summed E-state index contributed by atoms with van der Waals surface area (Å²) in [5.41, 5.74) is 0.756. The fourth-order valence-corrected chi connectivity index (χ4v) is 1.96. The summed E-state index contributed by atoms with van der Waals surface area (Å²) >= 11 is 0. The van der Waals surface area contributed by atoms with E-state index in [-0.39, 0.29) is 11.5 Å². The number of benzene rings is 1. The van der Waals surface area contributed by atoms with E-state index < -0.39 is 23.7 Å². The minimum atomic E-state index is -1.10. The van der Waals surface area contributed by atoms with E-state index in [1.807, 2.05) is 0 Å². The van der Waals surface area contributed by atoms with Gasteiger partial charge in [-0.1, -0.05) is 13.8 Å². The molecule has 0 aliphatic heterocycles. The van der Waals surface area contributed by atoms with Gasteiger partial charge in [-0.15, -0.1) is 0 Å². The van der Waals surface area contributed by atoms with Crippen LogP contribution in [-0.2, 0) is 4.79 Å². The molecule has 2 aromatic rings. The van der Waals surface area contributed by atoms with Gasteiger partial charge in [0, 0.05) is 11.6 Å². The molecule has 1 atom stereocenters. The van der Waals surface area contributed by atoms with Gasteiger partial charge in [0.1, 0.15) is 11.9 Å². The van der Waals surface area contributed by atoms with Crippen molar-refractivity contribution in [1.29, 1.82) is 0 Å². The van der Waals surface area contributed by atoms with E-state index in [0.717, 1.165) is 0 Å². The van der Waals surface area contributed by atoms with Crippen LogP contribution in [0.25, 0.3) is 10.9 Å². The third-order valence-corrected chi connectivity index (χ3v) is 3.12. The number of amides is 1. The average Bonchev–Trinajstić information content (AvgIpc) is 2.42. The molecule has 0 aliphatic carbocycles. The van der Waals surface area contributed by atoms with Gasteiger partial charge in [0.2, 0.25) is 0 Å². The Labute approximate surface area is 120 Å². The number of hydrogen-bond donors (Lipinski definition) is 2. The molecule has 21 heavy (non-hydrogen) atoms. The Morgan fingerprint density at radius 3 is 2.62 bits per heavy atom. The third-order valence-electron chi connectivity index (χ3n) is 3.12. The number of aliphatic carboxylic acids is 1. The van der Waals surface area contributed by atoms with Gasteiger partial charge in [-0.3, -0.25) is 9.78 Å². The Morgan fingerprint density at radius 1 is 1.29 bits per heavy atom. The molecule has 0 radical (unpaired) electrons. The van der Waals surface area contributed by atoms with E-state index in [1.165, 1.54) is 30.5 Å². The Balaban J connectivity index is 2.28. The smallest absolute Gasteiger partial charge is 0.326 e. The first-order valence-electron chi connectivity index (χ1n) is 6.47. The quantitative estimate of drug-likeness (QED) is 0.904. The fourth-order valence-electron chi connectivity index (χ4n) is 1.96. The zero-order valence-electron chi connectivity index (χ0n) is 11.6. The Hall–Kier alpha value is -2.50. The molecule has 0 fully saturated rings. The van der Waals surface area contributed by atoms with Gasteiger partial charge in [0.15, 0.2) is 0 Å². The van der Waals surface area contributed by atoms with Crippen LogP contribution in [0.3, 0.4) is 0 Å². The van der Waals surface area contributed by atoms with Crippen molar-refractivity contribution < 1.29 is 19.1 Å². The average molecular weight is 290 g/mol. The lowest BCUT2D eigenvalue weighted by molar-refractivity contribution is -0.140. The molecule has 6 heteroatoms. The summed E-state index contributed by atoms with van der Waals surface area (Å²) in [7, 11) is 0. The number of fused-ring (bicyclic) bond motifs is 1. The normalized spacial score (nSPS) is 12.4. The first-order valence-corrected chi connectivity index (χ1v) is 6.47. The summed E-state index contributed by atoms with van der Waals surface area (Å²) in [4.78, 5) is 27.2. The first kappa shape index (κ1) is 14.9. The fraction of sp³-hybridized carbons (Fsp3) is 0.267. The van der Waals surface area contributed by atoms with E-state index in [2.05, 4.69) is 10.3 Å². The second-order valence-corrected chi connectivity index (χ2v) is 5.09. The van der Waals surface area contributed by atoms with Crippen molar-refractivity contribution in [3.05, 3.63) is 41.8 Å². The van der Waals surface area contributed by atoms with Crippen LogP contribution in [0.15, 0.2) is 30.5 Å². The number of aromatic nitrogens is 1. The lowest BCUT2D eigenvalue weighted by Gasteiger charge is -2.17. The minimum absolute atomic E-state index is 0.194. The Kier molecular flexibility index (Phi) is 4.16. The molecule has 110 valence electrons. The van der Waals surface area contributed by atoms with Crippen LogP contribution in [0.5, 0.6) is 0 Å². The van der Waals surface area contributed by atoms with Crippen LogP contribution >= 0.6 is 0 Å². The van der Waals surface area contributed by atoms with E-state index in [0.29, 0.717) is 10.9 Å². The molecule has 5 nitrogen and oxygen atoms in total. The van der Waals surface area contributed by atoms with E-state index in [9.17, 15) is 14.0 Å². The number of carboxylic acids is 1. The Morgan fingerprint density at radius 2 is 2.00 bits per heavy atom. The summed E-state index contributed by atoms with van der Waals surface area (Å²) in [5, 5.41) is 12.0. The minimum Gasteiger partial charge on any atom is -0.480 e. The third kappa shape index (κ3) is 3.34. The van der Waals surface area contributed by atoms with Gasteiger partial charge in [0.05, 0.1) is 11.1 Å². The second kappa shape index (κ2) is 5.87. The zero-order chi connectivity index (χ0) is 15.6. The van der Waals surface area contributed by atoms with Crippen LogP contribution in [-0.4, -0.2) is 28.0 Å². The summed E-state index contributed by atoms with van der Waals surface area (Å²) < 4.78 is 13.2. The number of nitrogens with zero attached hydrogens (tertiary/aromatic N) is 1. The maximum atomic E-state index is 13.2. The van der Waals surface area contributed by atoms with Crippen molar-refractivity contribution in [2.45, 2.75) is 19.9 Å². The van der Waals surface area contributed by atoms with Crippen LogP contribution < -0.4 is 5.32 Å². The van der Waals surface area contributed by atoms with Gasteiger partial charge in [-0.25, -0.2) is 9.18 Å². The standard InChI is InChI=1S/C15H15FN2O3/c1-8(2)13(15(20)21)18-14(19)10-5-9-6-11(16)3-4-12(9)17-7-10/h3-8,13H,1-2H3,(H,18,19)(H,20,21)/t13-/m1/s1. The van der Waals surface area contributed by atoms with Gasteiger partial charge in [-0.05, 0) is 30.2 Å². The lowest BCUT2D eigenvalue weighted by atomic mass is 10.0. The highest BCUT2D eigenvalue weighted by molar-refractivity contribution is 5.99. The molecule has 1 heterocycles. The molecule has 1 amide bonds. The van der Waals surface area contributed by atoms with Crippen molar-refractivity contribution >= 4 is 22.8 Å². The molecule has 0 bridgehead atoms. The highest BCUT2D eigenvalue weighted by atomic mass is 19.1. The molecular weight excluding hydrogens is 275 g/mol. The molecule has 0 aliphatic rings. The van der Waals surface area contributed by atoms with Crippen molar-refractivity contribution in [3.63, 3.8) is 0 Å². The number of pyridine rings is 1. The number of rotatable bonds is 4. The highest BCUT2D eigenvalue weighted by Crippen LogP contribution is 2.15. The van der Waals surface area contributed by atoms with E-state index in [4.69, 9.17) is 5.11 Å². The maximum Gasteiger partial charge on any atom is 0.326 e. The van der Waals surface area contributed by atoms with Gasteiger partial charge in [-0.2, -0.15) is 0 Å². The number of carboxylic acid groups (broad SMARTS) is 1. The molecule has 0 saturated heterocycles. The zero-order valence-corrected chi connectivity index (χ0v) is 11.6. The lowest BCUT2D eigenvalue weighted by Crippen LogP contribution is -2.44. The monoisotopic (exact) mass is 290 g/mol. The number of carbonyl (C=O) groups excluding carboxylic acids is 1. The molecule has 1 aromatic heterocycles. The molecule has 0 spiro atoms. The molecule has 0 saturated carbocycles. The Bertz CT molecular complexity index is 700. The van der Waals surface area contributed by atoms with Crippen molar-refractivity contribution in [2.75, 3.05) is 0 Å².